The molecule has 24 heavy (non-hydrogen) atoms. The predicted octanol–water partition coefficient (Wildman–Crippen LogP) is 4.43. The molecule has 1 spiro atoms. The van der Waals surface area contributed by atoms with Gasteiger partial charge in [-0.25, -0.2) is 0 Å². The van der Waals surface area contributed by atoms with E-state index in [1.807, 2.05) is 22.4 Å². The van der Waals surface area contributed by atoms with Crippen LogP contribution in [-0.4, -0.2) is 25.7 Å². The molecule has 0 atom stereocenters. The summed E-state index contributed by atoms with van der Waals surface area (Å²) in [4.78, 5) is 16.0. The van der Waals surface area contributed by atoms with Gasteiger partial charge in [0.25, 0.3) is 0 Å². The summed E-state index contributed by atoms with van der Waals surface area (Å²) in [6.45, 7) is 2.36. The zero-order valence-electron chi connectivity index (χ0n) is 13.5. The van der Waals surface area contributed by atoms with E-state index in [4.69, 9.17) is 16.3 Å². The van der Waals surface area contributed by atoms with Gasteiger partial charge in [-0.05, 0) is 37.0 Å². The maximum atomic E-state index is 12.9. The number of amides is 1. The van der Waals surface area contributed by atoms with Crippen LogP contribution >= 0.6 is 22.9 Å². The molecular formula is C19H20ClNO2S. The van der Waals surface area contributed by atoms with Crippen LogP contribution in [0, 0.1) is 0 Å². The first-order valence-corrected chi connectivity index (χ1v) is 9.64. The second kappa shape index (κ2) is 6.51. The number of thiophene rings is 1. The van der Waals surface area contributed by atoms with Crippen molar-refractivity contribution < 1.29 is 9.53 Å². The Balaban J connectivity index is 1.54. The third-order valence-electron chi connectivity index (χ3n) is 5.18. The molecule has 1 fully saturated rings. The van der Waals surface area contributed by atoms with Gasteiger partial charge >= 0.3 is 0 Å². The molecule has 0 unspecified atom stereocenters. The Morgan fingerprint density at radius 3 is 2.83 bits per heavy atom. The van der Waals surface area contributed by atoms with Crippen molar-refractivity contribution >= 4 is 34.5 Å². The molecule has 1 aromatic carbocycles. The Labute approximate surface area is 151 Å². The van der Waals surface area contributed by atoms with Crippen molar-refractivity contribution in [3.05, 3.63) is 51.2 Å². The number of rotatable bonds is 3. The first-order valence-electron chi connectivity index (χ1n) is 8.38. The zero-order chi connectivity index (χ0) is 16.6. The molecule has 1 aromatic heterocycles. The first-order chi connectivity index (χ1) is 11.7. The zero-order valence-corrected chi connectivity index (χ0v) is 15.0. The van der Waals surface area contributed by atoms with E-state index in [-0.39, 0.29) is 11.3 Å². The molecule has 0 aliphatic carbocycles. The average molecular weight is 362 g/mol. The van der Waals surface area contributed by atoms with Crippen molar-refractivity contribution in [2.45, 2.75) is 31.1 Å². The van der Waals surface area contributed by atoms with E-state index in [1.54, 1.807) is 11.3 Å². The van der Waals surface area contributed by atoms with Crippen LogP contribution in [0.25, 0.3) is 0 Å². The lowest BCUT2D eigenvalue weighted by Crippen LogP contribution is -2.40. The molecule has 2 aliphatic heterocycles. The largest absolute Gasteiger partial charge is 0.381 e. The van der Waals surface area contributed by atoms with Gasteiger partial charge in [0, 0.05) is 47.5 Å². The minimum Gasteiger partial charge on any atom is -0.381 e. The monoisotopic (exact) mass is 361 g/mol. The van der Waals surface area contributed by atoms with E-state index < -0.39 is 0 Å². The van der Waals surface area contributed by atoms with Crippen LogP contribution in [0.1, 0.15) is 29.7 Å². The fourth-order valence-electron chi connectivity index (χ4n) is 3.89. The molecule has 0 N–H and O–H groups in total. The lowest BCUT2D eigenvalue weighted by Gasteiger charge is -2.34. The number of anilines is 1. The Morgan fingerprint density at radius 2 is 2.08 bits per heavy atom. The maximum absolute atomic E-state index is 12.9. The number of nitrogens with zero attached hydrogens (tertiary/aromatic N) is 1. The molecule has 4 rings (SSSR count). The Morgan fingerprint density at radius 1 is 1.29 bits per heavy atom. The van der Waals surface area contributed by atoms with E-state index in [0.717, 1.165) is 49.7 Å². The molecule has 2 aromatic rings. The summed E-state index contributed by atoms with van der Waals surface area (Å²) in [5.74, 6) is 0.204. The number of carbonyl (C=O) groups is 1. The van der Waals surface area contributed by atoms with E-state index in [1.165, 1.54) is 10.4 Å². The number of benzene rings is 1. The highest BCUT2D eigenvalue weighted by Gasteiger charge is 2.45. The second-order valence-corrected chi connectivity index (χ2v) is 8.05. The van der Waals surface area contributed by atoms with Gasteiger partial charge in [0.1, 0.15) is 0 Å². The fourth-order valence-corrected chi connectivity index (χ4v) is 4.97. The normalized spacial score (nSPS) is 18.8. The highest BCUT2D eigenvalue weighted by molar-refractivity contribution is 7.10. The number of hydrogen-bond acceptors (Lipinski definition) is 3. The van der Waals surface area contributed by atoms with Gasteiger partial charge < -0.3 is 9.64 Å². The SMILES string of the molecule is O=C(CCc1cc(Cl)cs1)N1CC2(CCOCC2)c2ccccc21. The summed E-state index contributed by atoms with van der Waals surface area (Å²) in [5, 5.41) is 2.68. The number of hydrogen-bond donors (Lipinski definition) is 0. The average Bonchev–Trinajstić information content (AvgIpc) is 3.16. The quantitative estimate of drug-likeness (QED) is 0.809. The van der Waals surface area contributed by atoms with Crippen LogP contribution < -0.4 is 4.90 Å². The van der Waals surface area contributed by atoms with Gasteiger partial charge in [-0.2, -0.15) is 0 Å². The molecule has 126 valence electrons. The van der Waals surface area contributed by atoms with Gasteiger partial charge in [-0.15, -0.1) is 11.3 Å². The van der Waals surface area contributed by atoms with Crippen LogP contribution in [0.4, 0.5) is 5.69 Å². The van der Waals surface area contributed by atoms with E-state index >= 15 is 0 Å². The third-order valence-corrected chi connectivity index (χ3v) is 6.53. The van der Waals surface area contributed by atoms with E-state index in [0.29, 0.717) is 6.42 Å². The highest BCUT2D eigenvalue weighted by Crippen LogP contribution is 2.46. The van der Waals surface area contributed by atoms with Crippen LogP contribution in [-0.2, 0) is 21.4 Å². The molecule has 0 bridgehead atoms. The van der Waals surface area contributed by atoms with Gasteiger partial charge in [0.2, 0.25) is 5.91 Å². The van der Waals surface area contributed by atoms with Crippen LogP contribution in [0.2, 0.25) is 5.02 Å². The molecule has 1 saturated heterocycles. The number of carbonyl (C=O) groups excluding carboxylic acids is 1. The standard InChI is InChI=1S/C19H20ClNO2S/c20-14-11-15(24-12-14)5-6-18(22)21-13-19(7-9-23-10-8-19)16-3-1-2-4-17(16)21/h1-4,11-12H,5-10,13H2. The van der Waals surface area contributed by atoms with E-state index in [9.17, 15) is 4.79 Å². The van der Waals surface area contributed by atoms with Crippen molar-refractivity contribution in [2.75, 3.05) is 24.7 Å². The van der Waals surface area contributed by atoms with Gasteiger partial charge in [-0.1, -0.05) is 29.8 Å². The van der Waals surface area contributed by atoms with Crippen molar-refractivity contribution in [2.24, 2.45) is 0 Å². The van der Waals surface area contributed by atoms with Crippen LogP contribution in [0.3, 0.4) is 0 Å². The summed E-state index contributed by atoms with van der Waals surface area (Å²) >= 11 is 7.59. The smallest absolute Gasteiger partial charge is 0.227 e. The lowest BCUT2D eigenvalue weighted by atomic mass is 9.76. The van der Waals surface area contributed by atoms with Gasteiger partial charge in [0.15, 0.2) is 0 Å². The molecule has 0 saturated carbocycles. The lowest BCUT2D eigenvalue weighted by molar-refractivity contribution is -0.118. The Kier molecular flexibility index (Phi) is 4.37. The number of halogens is 1. The Hall–Kier alpha value is -1.36. The highest BCUT2D eigenvalue weighted by atomic mass is 35.5. The molecule has 2 aliphatic rings. The van der Waals surface area contributed by atoms with Crippen molar-refractivity contribution in [3.8, 4) is 0 Å². The summed E-state index contributed by atoms with van der Waals surface area (Å²) < 4.78 is 5.56. The molecule has 5 heteroatoms. The van der Waals surface area contributed by atoms with Crippen molar-refractivity contribution in [1.82, 2.24) is 0 Å². The fraction of sp³-hybridized carbons (Fsp3) is 0.421. The number of ether oxygens (including phenoxy) is 1. The summed E-state index contributed by atoms with van der Waals surface area (Å²) in [6, 6.07) is 10.3. The number of para-hydroxylation sites is 1. The molecular weight excluding hydrogens is 342 g/mol. The minimum absolute atomic E-state index is 0.0801. The first kappa shape index (κ1) is 16.1. The second-order valence-electron chi connectivity index (χ2n) is 6.62. The molecule has 1 amide bonds. The van der Waals surface area contributed by atoms with E-state index in [2.05, 4.69) is 18.2 Å². The molecule has 0 radical (unpaired) electrons. The minimum atomic E-state index is 0.0801. The predicted molar refractivity (Wildman–Crippen MR) is 98.2 cm³/mol. The van der Waals surface area contributed by atoms with Gasteiger partial charge in [-0.3, -0.25) is 4.79 Å². The van der Waals surface area contributed by atoms with Gasteiger partial charge in [0.05, 0.1) is 5.02 Å². The van der Waals surface area contributed by atoms with Crippen LogP contribution in [0.15, 0.2) is 35.7 Å². The Bertz CT molecular complexity index is 751. The van der Waals surface area contributed by atoms with Crippen molar-refractivity contribution in [1.29, 1.82) is 0 Å². The summed E-state index contributed by atoms with van der Waals surface area (Å²) in [7, 11) is 0. The third kappa shape index (κ3) is 2.87. The molecule has 3 heterocycles. The van der Waals surface area contributed by atoms with Crippen LogP contribution in [0.5, 0.6) is 0 Å². The number of aryl methyl sites for hydroxylation is 1. The van der Waals surface area contributed by atoms with Crippen molar-refractivity contribution in [3.63, 3.8) is 0 Å². The summed E-state index contributed by atoms with van der Waals surface area (Å²) in [5.41, 5.74) is 2.49. The topological polar surface area (TPSA) is 29.5 Å². The summed E-state index contributed by atoms with van der Waals surface area (Å²) in [6.07, 6.45) is 3.27. The molecule has 3 nitrogen and oxygen atoms in total. The maximum Gasteiger partial charge on any atom is 0.227 e. The number of fused-ring (bicyclic) bond motifs is 2.